The smallest absolute Gasteiger partial charge is 0.265 e. The van der Waals surface area contributed by atoms with E-state index in [0.29, 0.717) is 31.9 Å². The van der Waals surface area contributed by atoms with Crippen LogP contribution in [0.4, 0.5) is 0 Å². The molecule has 0 saturated heterocycles. The third-order valence-corrected chi connectivity index (χ3v) is 6.44. The zero-order valence-corrected chi connectivity index (χ0v) is 16.6. The maximum atomic E-state index is 12.6. The molecule has 3 aromatic heterocycles. The molecule has 4 aromatic rings. The number of halogens is 1. The maximum absolute atomic E-state index is 12.6. The van der Waals surface area contributed by atoms with Gasteiger partial charge in [-0.2, -0.15) is 0 Å². The number of H-pyrrole nitrogens is 1. The van der Waals surface area contributed by atoms with Crippen molar-refractivity contribution in [2.75, 3.05) is 0 Å². The number of benzene rings is 1. The van der Waals surface area contributed by atoms with Gasteiger partial charge in [-0.05, 0) is 41.9 Å². The van der Waals surface area contributed by atoms with Crippen molar-refractivity contribution in [1.29, 1.82) is 0 Å². The van der Waals surface area contributed by atoms with Crippen molar-refractivity contribution in [3.8, 4) is 0 Å². The second kappa shape index (κ2) is 6.49. The lowest BCUT2D eigenvalue weighted by Crippen LogP contribution is -2.22. The van der Waals surface area contributed by atoms with E-state index in [-0.39, 0.29) is 11.5 Å². The van der Waals surface area contributed by atoms with Gasteiger partial charge >= 0.3 is 0 Å². The molecule has 0 saturated carbocycles. The summed E-state index contributed by atoms with van der Waals surface area (Å²) < 4.78 is 3.06. The lowest BCUT2D eigenvalue weighted by Gasteiger charge is -2.05. The molecule has 0 spiro atoms. The molecular formula is C16H10BrN3O2S3. The number of nitrogens with zero attached hydrogens (tertiary/aromatic N) is 1. The summed E-state index contributed by atoms with van der Waals surface area (Å²) in [5.74, 6) is -0.251. The Balaban J connectivity index is 1.84. The van der Waals surface area contributed by atoms with Crippen LogP contribution in [0, 0.1) is 3.95 Å². The number of hydrogen-bond acceptors (Lipinski definition) is 5. The minimum atomic E-state index is -0.253. The van der Waals surface area contributed by atoms with Gasteiger partial charge in [0.1, 0.15) is 10.5 Å². The number of carbonyl (C=O) groups excluding carboxylic acids is 1. The fourth-order valence-corrected chi connectivity index (χ4v) is 4.88. The molecule has 1 aromatic carbocycles. The van der Waals surface area contributed by atoms with Gasteiger partial charge in [-0.15, -0.1) is 11.3 Å². The number of thiophene rings is 1. The largest absolute Gasteiger partial charge is 0.346 e. The molecular weight excluding hydrogens is 442 g/mol. The first-order valence-corrected chi connectivity index (χ1v) is 10.1. The maximum Gasteiger partial charge on any atom is 0.265 e. The molecule has 9 heteroatoms. The Hall–Kier alpha value is -1.81. The number of fused-ring (bicyclic) bond motifs is 3. The predicted molar refractivity (Wildman–Crippen MR) is 107 cm³/mol. The highest BCUT2D eigenvalue weighted by Crippen LogP contribution is 2.24. The van der Waals surface area contributed by atoms with Crippen molar-refractivity contribution >= 4 is 73.3 Å². The van der Waals surface area contributed by atoms with Gasteiger partial charge in [-0.3, -0.25) is 14.0 Å². The van der Waals surface area contributed by atoms with Gasteiger partial charge in [-0.1, -0.05) is 33.3 Å². The number of thiazole rings is 1. The highest BCUT2D eigenvalue weighted by Gasteiger charge is 2.18. The Bertz CT molecular complexity index is 1220. The zero-order chi connectivity index (χ0) is 17.6. The number of carbonyl (C=O) groups is 1. The second-order valence-electron chi connectivity index (χ2n) is 5.26. The summed E-state index contributed by atoms with van der Waals surface area (Å²) in [6.07, 6.45) is 0. The molecule has 0 aliphatic heterocycles. The summed E-state index contributed by atoms with van der Waals surface area (Å²) in [5.41, 5.74) is 0.857. The number of rotatable bonds is 3. The van der Waals surface area contributed by atoms with Gasteiger partial charge in [0.15, 0.2) is 3.95 Å². The summed E-state index contributed by atoms with van der Waals surface area (Å²) in [5, 5.41) is 5.35. The fraction of sp³-hybridized carbons (Fsp3) is 0.0625. The number of aromatic amines is 1. The standard InChI is InChI=1S/C16H10BrN3O2S3/c17-8-3-4-11-10(6-8)14(21)19-13-12(25-16(23)20(11)13)15(22)18-7-9-2-1-5-24-9/h1-6H,7H2,(H,18,22)(H,19,21). The predicted octanol–water partition coefficient (Wildman–Crippen LogP) is 4.33. The van der Waals surface area contributed by atoms with Crippen LogP contribution in [0.5, 0.6) is 0 Å². The molecule has 5 nitrogen and oxygen atoms in total. The Kier molecular flexibility index (Phi) is 4.32. The van der Waals surface area contributed by atoms with Crippen LogP contribution >= 0.6 is 50.8 Å². The van der Waals surface area contributed by atoms with E-state index < -0.39 is 0 Å². The number of hydrogen-bond donors (Lipinski definition) is 2. The Morgan fingerprint density at radius 3 is 2.96 bits per heavy atom. The van der Waals surface area contributed by atoms with Gasteiger partial charge in [-0.25, -0.2) is 0 Å². The van der Waals surface area contributed by atoms with Gasteiger partial charge in [0.2, 0.25) is 0 Å². The molecule has 3 heterocycles. The van der Waals surface area contributed by atoms with Gasteiger partial charge in [0, 0.05) is 9.35 Å². The minimum absolute atomic E-state index is 0.251. The highest BCUT2D eigenvalue weighted by molar-refractivity contribution is 9.10. The number of amides is 1. The van der Waals surface area contributed by atoms with E-state index in [4.69, 9.17) is 12.2 Å². The molecule has 2 N–H and O–H groups in total. The number of nitrogens with one attached hydrogen (secondary N) is 2. The molecule has 0 aliphatic carbocycles. The van der Waals surface area contributed by atoms with E-state index in [1.165, 1.54) is 11.3 Å². The van der Waals surface area contributed by atoms with E-state index in [2.05, 4.69) is 26.2 Å². The highest BCUT2D eigenvalue weighted by atomic mass is 79.9. The van der Waals surface area contributed by atoms with Crippen LogP contribution in [-0.2, 0) is 6.54 Å². The molecule has 0 bridgehead atoms. The van der Waals surface area contributed by atoms with Crippen LogP contribution in [0.1, 0.15) is 14.5 Å². The second-order valence-corrected chi connectivity index (χ2v) is 8.85. The van der Waals surface area contributed by atoms with E-state index >= 15 is 0 Å². The summed E-state index contributed by atoms with van der Waals surface area (Å²) in [6, 6.07) is 9.29. The van der Waals surface area contributed by atoms with Crippen LogP contribution in [-0.4, -0.2) is 15.3 Å². The lowest BCUT2D eigenvalue weighted by atomic mass is 10.2. The number of aromatic nitrogens is 2. The topological polar surface area (TPSA) is 66.4 Å². The molecule has 0 aliphatic rings. The molecule has 0 unspecified atom stereocenters. The first-order chi connectivity index (χ1) is 12.0. The zero-order valence-electron chi connectivity index (χ0n) is 12.5. The van der Waals surface area contributed by atoms with Crippen molar-refractivity contribution in [3.05, 3.63) is 64.2 Å². The Morgan fingerprint density at radius 1 is 1.36 bits per heavy atom. The third kappa shape index (κ3) is 2.97. The van der Waals surface area contributed by atoms with E-state index in [1.807, 2.05) is 29.6 Å². The molecule has 0 fully saturated rings. The molecule has 126 valence electrons. The third-order valence-electron chi connectivity index (χ3n) is 3.70. The van der Waals surface area contributed by atoms with Crippen molar-refractivity contribution in [3.63, 3.8) is 0 Å². The van der Waals surface area contributed by atoms with Crippen molar-refractivity contribution in [1.82, 2.24) is 14.7 Å². The van der Waals surface area contributed by atoms with Crippen molar-refractivity contribution in [2.45, 2.75) is 6.54 Å². The molecule has 1 amide bonds. The quantitative estimate of drug-likeness (QED) is 0.455. The van der Waals surface area contributed by atoms with Crippen molar-refractivity contribution in [2.24, 2.45) is 0 Å². The van der Waals surface area contributed by atoms with Gasteiger partial charge in [0.05, 0.1) is 17.4 Å². The normalized spacial score (nSPS) is 11.2. The van der Waals surface area contributed by atoms with Gasteiger partial charge in [0.25, 0.3) is 11.5 Å². The van der Waals surface area contributed by atoms with Crippen molar-refractivity contribution < 1.29 is 4.79 Å². The molecule has 0 radical (unpaired) electrons. The van der Waals surface area contributed by atoms with E-state index in [1.54, 1.807) is 21.8 Å². The SMILES string of the molecule is O=C(NCc1cccs1)c1sc(=S)n2c1[nH]c(=O)c1cc(Br)ccc12. The average Bonchev–Trinajstić information content (AvgIpc) is 3.21. The lowest BCUT2D eigenvalue weighted by molar-refractivity contribution is 0.0956. The molecule has 4 rings (SSSR count). The van der Waals surface area contributed by atoms with Crippen LogP contribution in [0.2, 0.25) is 0 Å². The van der Waals surface area contributed by atoms with Crippen LogP contribution in [0.25, 0.3) is 16.6 Å². The average molecular weight is 452 g/mol. The summed E-state index contributed by atoms with van der Waals surface area (Å²) in [7, 11) is 0. The monoisotopic (exact) mass is 451 g/mol. The first kappa shape index (κ1) is 16.6. The molecule has 0 atom stereocenters. The van der Waals surface area contributed by atoms with E-state index in [0.717, 1.165) is 9.35 Å². The van der Waals surface area contributed by atoms with Crippen LogP contribution in [0.3, 0.4) is 0 Å². The summed E-state index contributed by atoms with van der Waals surface area (Å²) >= 11 is 11.6. The molecule has 25 heavy (non-hydrogen) atoms. The fourth-order valence-electron chi connectivity index (χ4n) is 2.58. The minimum Gasteiger partial charge on any atom is -0.346 e. The van der Waals surface area contributed by atoms with Crippen LogP contribution < -0.4 is 10.9 Å². The summed E-state index contributed by atoms with van der Waals surface area (Å²) in [4.78, 5) is 29.3. The Morgan fingerprint density at radius 2 is 2.20 bits per heavy atom. The van der Waals surface area contributed by atoms with Gasteiger partial charge < -0.3 is 10.3 Å². The first-order valence-electron chi connectivity index (χ1n) is 7.22. The summed E-state index contributed by atoms with van der Waals surface area (Å²) in [6.45, 7) is 0.443. The van der Waals surface area contributed by atoms with Crippen LogP contribution in [0.15, 0.2) is 45.0 Å². The Labute approximate surface area is 163 Å². The van der Waals surface area contributed by atoms with E-state index in [9.17, 15) is 9.59 Å².